The van der Waals surface area contributed by atoms with Gasteiger partial charge in [0.25, 0.3) is 0 Å². The van der Waals surface area contributed by atoms with Crippen molar-refractivity contribution in [3.63, 3.8) is 0 Å². The average molecular weight is 565 g/mol. The highest BCUT2D eigenvalue weighted by molar-refractivity contribution is 7.89. The number of carbonyl (C=O) groups excluding carboxylic acids is 1. The van der Waals surface area contributed by atoms with Crippen LogP contribution >= 0.6 is 0 Å². The molecule has 0 fully saturated rings. The lowest BCUT2D eigenvalue weighted by molar-refractivity contribution is 0.0525. The molecule has 0 saturated carbocycles. The zero-order chi connectivity index (χ0) is 28.7. The second-order valence-electron chi connectivity index (χ2n) is 9.24. The minimum absolute atomic E-state index is 0.153. The predicted octanol–water partition coefficient (Wildman–Crippen LogP) is 5.77. The van der Waals surface area contributed by atoms with E-state index in [2.05, 4.69) is 15.0 Å². The van der Waals surface area contributed by atoms with Gasteiger partial charge in [-0.1, -0.05) is 72.8 Å². The number of sulfonamides is 1. The Labute approximate surface area is 239 Å². The number of aromatic nitrogens is 3. The fraction of sp³-hybridized carbons (Fsp3) is 0.125. The first kappa shape index (κ1) is 27.8. The molecule has 2 heterocycles. The molecule has 0 aliphatic carbocycles. The summed E-state index contributed by atoms with van der Waals surface area (Å²) in [5.74, 6) is -0.0260. The highest BCUT2D eigenvalue weighted by Crippen LogP contribution is 2.26. The van der Waals surface area contributed by atoms with Crippen LogP contribution in [0.15, 0.2) is 121 Å². The molecule has 0 N–H and O–H groups in total. The molecule has 0 saturated heterocycles. The van der Waals surface area contributed by atoms with Crippen molar-refractivity contribution < 1.29 is 17.9 Å². The molecular weight excluding hydrogens is 536 g/mol. The van der Waals surface area contributed by atoms with Gasteiger partial charge in [-0.2, -0.15) is 4.31 Å². The lowest BCUT2D eigenvalue weighted by Crippen LogP contribution is -2.30. The normalized spacial score (nSPS) is 11.4. The number of benzene rings is 3. The molecule has 5 aromatic rings. The molecule has 0 spiro atoms. The molecular formula is C32H28N4O4S. The van der Waals surface area contributed by atoms with E-state index in [1.54, 1.807) is 37.5 Å². The van der Waals surface area contributed by atoms with Gasteiger partial charge in [0.05, 0.1) is 17.1 Å². The zero-order valence-corrected chi connectivity index (χ0v) is 23.2. The van der Waals surface area contributed by atoms with E-state index in [4.69, 9.17) is 4.74 Å². The summed E-state index contributed by atoms with van der Waals surface area (Å²) in [6, 6.07) is 27.8. The van der Waals surface area contributed by atoms with Gasteiger partial charge in [-0.15, -0.1) is 0 Å². The molecule has 0 aliphatic heterocycles. The molecule has 41 heavy (non-hydrogen) atoms. The van der Waals surface area contributed by atoms with Crippen LogP contribution in [0, 0.1) is 0 Å². The zero-order valence-electron chi connectivity index (χ0n) is 22.4. The van der Waals surface area contributed by atoms with Crippen LogP contribution < -0.4 is 0 Å². The quantitative estimate of drug-likeness (QED) is 0.198. The van der Waals surface area contributed by atoms with Crippen LogP contribution in [-0.2, 0) is 27.8 Å². The number of hydrogen-bond acceptors (Lipinski definition) is 7. The second-order valence-corrected chi connectivity index (χ2v) is 11.2. The summed E-state index contributed by atoms with van der Waals surface area (Å²) in [6.07, 6.45) is 6.19. The van der Waals surface area contributed by atoms with Crippen LogP contribution in [0.4, 0.5) is 0 Å². The Bertz CT molecular complexity index is 1690. The molecule has 206 valence electrons. The highest BCUT2D eigenvalue weighted by atomic mass is 32.2. The van der Waals surface area contributed by atoms with Crippen LogP contribution in [0.3, 0.4) is 0 Å². The molecule has 0 radical (unpaired) electrons. The number of carbonyl (C=O) groups is 1. The summed E-state index contributed by atoms with van der Waals surface area (Å²) < 4.78 is 34.1. The molecule has 0 aliphatic rings. The maximum Gasteiger partial charge on any atom is 0.341 e. The van der Waals surface area contributed by atoms with Gasteiger partial charge in [0.2, 0.25) is 10.0 Å². The minimum atomic E-state index is -3.84. The van der Waals surface area contributed by atoms with Crippen LogP contribution in [0.2, 0.25) is 0 Å². The van der Waals surface area contributed by atoms with Crippen molar-refractivity contribution in [2.24, 2.45) is 0 Å². The molecule has 0 unspecified atom stereocenters. The number of ether oxygens (including phenoxy) is 1. The maximum atomic E-state index is 13.9. The monoisotopic (exact) mass is 564 g/mol. The molecule has 3 aromatic carbocycles. The average Bonchev–Trinajstić information content (AvgIpc) is 3.02. The number of rotatable bonds is 10. The van der Waals surface area contributed by atoms with E-state index >= 15 is 0 Å². The number of nitrogens with zero attached hydrogens (tertiary/aromatic N) is 4. The minimum Gasteiger partial charge on any atom is -0.462 e. The molecule has 2 aromatic heterocycles. The fourth-order valence-corrected chi connectivity index (χ4v) is 5.70. The van der Waals surface area contributed by atoms with Crippen molar-refractivity contribution in [1.29, 1.82) is 0 Å². The topological polar surface area (TPSA) is 102 Å². The van der Waals surface area contributed by atoms with Crippen molar-refractivity contribution in [2.75, 3.05) is 6.61 Å². The van der Waals surface area contributed by atoms with Gasteiger partial charge in [-0.05, 0) is 47.4 Å². The molecule has 9 heteroatoms. The van der Waals surface area contributed by atoms with Crippen molar-refractivity contribution >= 4 is 16.0 Å². The van der Waals surface area contributed by atoms with Crippen molar-refractivity contribution in [2.45, 2.75) is 24.9 Å². The maximum absolute atomic E-state index is 13.9. The van der Waals surface area contributed by atoms with Crippen LogP contribution in [0.1, 0.15) is 28.4 Å². The van der Waals surface area contributed by atoms with Crippen molar-refractivity contribution in [1.82, 2.24) is 19.3 Å². The van der Waals surface area contributed by atoms with E-state index in [-0.39, 0.29) is 30.2 Å². The molecule has 5 rings (SSSR count). The van der Waals surface area contributed by atoms with Crippen molar-refractivity contribution in [3.8, 4) is 22.5 Å². The van der Waals surface area contributed by atoms with Crippen LogP contribution in [0.25, 0.3) is 22.5 Å². The van der Waals surface area contributed by atoms with E-state index in [1.807, 2.05) is 72.8 Å². The van der Waals surface area contributed by atoms with Crippen LogP contribution in [0.5, 0.6) is 0 Å². The van der Waals surface area contributed by atoms with Gasteiger partial charge >= 0.3 is 5.97 Å². The predicted molar refractivity (Wildman–Crippen MR) is 156 cm³/mol. The third-order valence-electron chi connectivity index (χ3n) is 6.41. The Morgan fingerprint density at radius 1 is 0.732 bits per heavy atom. The summed E-state index contributed by atoms with van der Waals surface area (Å²) in [7, 11) is -3.84. The Morgan fingerprint density at radius 2 is 1.37 bits per heavy atom. The van der Waals surface area contributed by atoms with E-state index in [0.717, 1.165) is 27.8 Å². The SMILES string of the molecule is CCOC(=O)c1cnc(-c2ccc(CN(Cc3cccnc3)S(=O)(=O)c3ccc(-c4ccccc4)cc3)cc2)nc1. The highest BCUT2D eigenvalue weighted by Gasteiger charge is 2.25. The van der Waals surface area contributed by atoms with E-state index in [0.29, 0.717) is 5.82 Å². The summed E-state index contributed by atoms with van der Waals surface area (Å²) in [5.41, 5.74) is 4.55. The van der Waals surface area contributed by atoms with Gasteiger partial charge in [-0.25, -0.2) is 23.2 Å². The first-order valence-electron chi connectivity index (χ1n) is 13.1. The summed E-state index contributed by atoms with van der Waals surface area (Å²) in [6.45, 7) is 2.32. The third-order valence-corrected chi connectivity index (χ3v) is 8.22. The molecule has 0 amide bonds. The smallest absolute Gasteiger partial charge is 0.341 e. The Hall–Kier alpha value is -4.73. The third kappa shape index (κ3) is 6.71. The van der Waals surface area contributed by atoms with E-state index in [1.165, 1.54) is 16.7 Å². The molecule has 0 atom stereocenters. The van der Waals surface area contributed by atoms with E-state index < -0.39 is 16.0 Å². The standard InChI is InChI=1S/C32H28N4O4S/c1-2-40-32(37)29-20-34-31(35-21-29)28-12-10-24(11-13-28)22-36(23-25-7-6-18-33-19-25)41(38,39)30-16-14-27(15-17-30)26-8-4-3-5-9-26/h3-21H,2,22-23H2,1H3. The Balaban J connectivity index is 1.38. The van der Waals surface area contributed by atoms with Gasteiger partial charge in [0.15, 0.2) is 5.82 Å². The van der Waals surface area contributed by atoms with Gasteiger partial charge in [0, 0.05) is 43.4 Å². The molecule has 8 nitrogen and oxygen atoms in total. The van der Waals surface area contributed by atoms with Gasteiger partial charge in [0.1, 0.15) is 0 Å². The Kier molecular flexibility index (Phi) is 8.57. The van der Waals surface area contributed by atoms with Gasteiger partial charge < -0.3 is 4.74 Å². The number of esters is 1. The summed E-state index contributed by atoms with van der Waals surface area (Å²) in [4.78, 5) is 24.8. The van der Waals surface area contributed by atoms with E-state index in [9.17, 15) is 13.2 Å². The first-order valence-corrected chi connectivity index (χ1v) is 14.5. The van der Waals surface area contributed by atoms with Gasteiger partial charge in [-0.3, -0.25) is 4.98 Å². The summed E-state index contributed by atoms with van der Waals surface area (Å²) in [5, 5.41) is 0. The Morgan fingerprint density at radius 3 is 2.00 bits per heavy atom. The first-order chi connectivity index (χ1) is 19.9. The number of hydrogen-bond donors (Lipinski definition) is 0. The molecule has 0 bridgehead atoms. The van der Waals surface area contributed by atoms with Crippen molar-refractivity contribution in [3.05, 3.63) is 132 Å². The largest absolute Gasteiger partial charge is 0.462 e. The number of pyridine rings is 1. The summed E-state index contributed by atoms with van der Waals surface area (Å²) >= 11 is 0. The van der Waals surface area contributed by atoms with Crippen LogP contribution in [-0.4, -0.2) is 40.3 Å². The lowest BCUT2D eigenvalue weighted by Gasteiger charge is -2.23. The second kappa shape index (κ2) is 12.6. The lowest BCUT2D eigenvalue weighted by atomic mass is 10.1. The fourth-order valence-electron chi connectivity index (χ4n) is 4.28.